The van der Waals surface area contributed by atoms with Gasteiger partial charge in [-0.2, -0.15) is 0 Å². The number of benzene rings is 1. The summed E-state index contributed by atoms with van der Waals surface area (Å²) in [6.45, 7) is 2.05. The molecule has 0 fully saturated rings. The smallest absolute Gasteiger partial charge is 0.246 e. The molecule has 1 aromatic carbocycles. The van der Waals surface area contributed by atoms with E-state index in [1.54, 1.807) is 20.5 Å². The lowest BCUT2D eigenvalue weighted by Crippen LogP contribution is -2.45. The molecule has 1 amide bonds. The zero-order valence-corrected chi connectivity index (χ0v) is 14.5. The third-order valence-electron chi connectivity index (χ3n) is 5.03. The van der Waals surface area contributed by atoms with Crippen molar-refractivity contribution >= 4 is 5.91 Å². The van der Waals surface area contributed by atoms with Crippen molar-refractivity contribution in [3.05, 3.63) is 41.0 Å². The number of hydrogen-bond acceptors (Lipinski definition) is 5. The number of nitrogens with one attached hydrogen (secondary N) is 2. The van der Waals surface area contributed by atoms with Crippen LogP contribution in [0.2, 0.25) is 0 Å². The van der Waals surface area contributed by atoms with E-state index in [1.807, 2.05) is 17.0 Å². The fourth-order valence-electron chi connectivity index (χ4n) is 3.68. The molecular weight excluding hydrogens is 320 g/mol. The summed E-state index contributed by atoms with van der Waals surface area (Å²) in [4.78, 5) is 22.4. The molecule has 25 heavy (non-hydrogen) atoms. The highest BCUT2D eigenvalue weighted by Crippen LogP contribution is 2.34. The van der Waals surface area contributed by atoms with Gasteiger partial charge in [-0.05, 0) is 29.7 Å². The number of aromatic amines is 1. The molecule has 1 atom stereocenters. The number of ether oxygens (including phenoxy) is 2. The van der Waals surface area contributed by atoms with E-state index in [-0.39, 0.29) is 11.9 Å². The van der Waals surface area contributed by atoms with Gasteiger partial charge in [0.05, 0.1) is 26.2 Å². The summed E-state index contributed by atoms with van der Waals surface area (Å²) in [7, 11) is 3.26. The van der Waals surface area contributed by atoms with Crippen molar-refractivity contribution in [2.45, 2.75) is 25.4 Å². The van der Waals surface area contributed by atoms with Crippen molar-refractivity contribution in [1.29, 1.82) is 0 Å². The highest BCUT2D eigenvalue weighted by molar-refractivity contribution is 5.83. The van der Waals surface area contributed by atoms with Crippen LogP contribution in [0.3, 0.4) is 0 Å². The summed E-state index contributed by atoms with van der Waals surface area (Å²) in [5, 5.41) is 3.30. The zero-order chi connectivity index (χ0) is 17.4. The molecule has 2 aliphatic rings. The van der Waals surface area contributed by atoms with Gasteiger partial charge < -0.3 is 24.7 Å². The lowest BCUT2D eigenvalue weighted by molar-refractivity contribution is -0.134. The number of aromatic nitrogens is 2. The van der Waals surface area contributed by atoms with Gasteiger partial charge in [-0.25, -0.2) is 4.98 Å². The van der Waals surface area contributed by atoms with Crippen LogP contribution in [0, 0.1) is 0 Å². The fourth-order valence-corrected chi connectivity index (χ4v) is 3.68. The molecule has 7 heteroatoms. The maximum atomic E-state index is 13.1. The second-order valence-corrected chi connectivity index (χ2v) is 6.39. The summed E-state index contributed by atoms with van der Waals surface area (Å²) in [6.07, 6.45) is 3.35. The van der Waals surface area contributed by atoms with Crippen LogP contribution in [0.1, 0.15) is 28.6 Å². The van der Waals surface area contributed by atoms with Gasteiger partial charge in [0.15, 0.2) is 11.5 Å². The number of nitrogens with zero attached hydrogens (tertiary/aromatic N) is 2. The minimum absolute atomic E-state index is 0.0773. The number of imidazole rings is 1. The first-order chi connectivity index (χ1) is 12.2. The van der Waals surface area contributed by atoms with E-state index in [0.717, 1.165) is 42.1 Å². The Morgan fingerprint density at radius 3 is 2.72 bits per heavy atom. The van der Waals surface area contributed by atoms with Crippen molar-refractivity contribution in [3.63, 3.8) is 0 Å². The molecule has 1 aromatic heterocycles. The number of carbonyl (C=O) groups excluding carboxylic acids is 1. The summed E-state index contributed by atoms with van der Waals surface area (Å²) >= 11 is 0. The first-order valence-electron chi connectivity index (χ1n) is 8.49. The maximum Gasteiger partial charge on any atom is 0.246 e. The normalized spacial score (nSPS) is 19.1. The Morgan fingerprint density at radius 1 is 1.20 bits per heavy atom. The molecule has 4 rings (SSSR count). The Kier molecular flexibility index (Phi) is 4.09. The molecule has 2 aliphatic heterocycles. The van der Waals surface area contributed by atoms with Crippen LogP contribution in [0.4, 0.5) is 0 Å². The third kappa shape index (κ3) is 2.74. The number of methoxy groups -OCH3 is 2. The molecule has 0 spiro atoms. The number of hydrogen-bond donors (Lipinski definition) is 2. The Morgan fingerprint density at radius 2 is 1.96 bits per heavy atom. The predicted octanol–water partition coefficient (Wildman–Crippen LogP) is 1.20. The van der Waals surface area contributed by atoms with Gasteiger partial charge in [-0.1, -0.05) is 0 Å². The first-order valence-corrected chi connectivity index (χ1v) is 8.49. The number of fused-ring (bicyclic) bond motifs is 2. The van der Waals surface area contributed by atoms with Crippen LogP contribution in [-0.2, 0) is 24.2 Å². The molecule has 0 aliphatic carbocycles. The monoisotopic (exact) mass is 342 g/mol. The van der Waals surface area contributed by atoms with Crippen LogP contribution < -0.4 is 14.8 Å². The van der Waals surface area contributed by atoms with Gasteiger partial charge in [0.1, 0.15) is 6.04 Å². The van der Waals surface area contributed by atoms with E-state index in [9.17, 15) is 4.79 Å². The Labute approximate surface area is 146 Å². The van der Waals surface area contributed by atoms with Crippen LogP contribution >= 0.6 is 0 Å². The predicted molar refractivity (Wildman–Crippen MR) is 91.7 cm³/mol. The lowest BCUT2D eigenvalue weighted by Gasteiger charge is -2.33. The first kappa shape index (κ1) is 16.0. The van der Waals surface area contributed by atoms with Crippen molar-refractivity contribution < 1.29 is 14.3 Å². The van der Waals surface area contributed by atoms with E-state index in [1.165, 1.54) is 5.56 Å². The molecule has 0 saturated heterocycles. The Bertz CT molecular complexity index is 802. The number of carbonyl (C=O) groups is 1. The molecule has 132 valence electrons. The Hall–Kier alpha value is -2.54. The highest BCUT2D eigenvalue weighted by Gasteiger charge is 2.33. The van der Waals surface area contributed by atoms with Gasteiger partial charge in [-0.3, -0.25) is 4.79 Å². The SMILES string of the molecule is COc1cc2c(cc1OC)CN(C(=O)[C@@H]1NCCc3[nH]cnc31)CC2. The second kappa shape index (κ2) is 6.40. The lowest BCUT2D eigenvalue weighted by atomic mass is 9.97. The molecule has 7 nitrogen and oxygen atoms in total. The maximum absolute atomic E-state index is 13.1. The molecule has 0 radical (unpaired) electrons. The van der Waals surface area contributed by atoms with Crippen LogP contribution in [0.15, 0.2) is 18.5 Å². The minimum Gasteiger partial charge on any atom is -0.493 e. The van der Waals surface area contributed by atoms with Gasteiger partial charge in [0.25, 0.3) is 0 Å². The van der Waals surface area contributed by atoms with Gasteiger partial charge in [-0.15, -0.1) is 0 Å². The zero-order valence-electron chi connectivity index (χ0n) is 14.5. The molecule has 0 unspecified atom stereocenters. The average molecular weight is 342 g/mol. The molecule has 0 saturated carbocycles. The Balaban J connectivity index is 1.58. The largest absolute Gasteiger partial charge is 0.493 e. The topological polar surface area (TPSA) is 79.5 Å². The van der Waals surface area contributed by atoms with Crippen molar-refractivity contribution in [3.8, 4) is 11.5 Å². The summed E-state index contributed by atoms with van der Waals surface area (Å²) in [5.74, 6) is 1.51. The molecule has 2 N–H and O–H groups in total. The van der Waals surface area contributed by atoms with Crippen LogP contribution in [-0.4, -0.2) is 48.1 Å². The van der Waals surface area contributed by atoms with Gasteiger partial charge in [0, 0.05) is 31.7 Å². The molecular formula is C18H22N4O3. The van der Waals surface area contributed by atoms with Crippen molar-refractivity contribution in [2.75, 3.05) is 27.3 Å². The highest BCUT2D eigenvalue weighted by atomic mass is 16.5. The summed E-state index contributed by atoms with van der Waals surface area (Å²) < 4.78 is 10.8. The van der Waals surface area contributed by atoms with Crippen LogP contribution in [0.5, 0.6) is 11.5 Å². The van der Waals surface area contributed by atoms with Crippen molar-refractivity contribution in [2.24, 2.45) is 0 Å². The summed E-state index contributed by atoms with van der Waals surface area (Å²) in [6, 6.07) is 3.62. The van der Waals surface area contributed by atoms with Crippen molar-refractivity contribution in [1.82, 2.24) is 20.2 Å². The second-order valence-electron chi connectivity index (χ2n) is 6.39. The quantitative estimate of drug-likeness (QED) is 0.876. The number of H-pyrrole nitrogens is 1. The third-order valence-corrected chi connectivity index (χ3v) is 5.03. The molecule has 3 heterocycles. The minimum atomic E-state index is -0.364. The van der Waals surface area contributed by atoms with E-state index < -0.39 is 0 Å². The fraction of sp³-hybridized carbons (Fsp3) is 0.444. The standard InChI is InChI=1S/C18H22N4O3/c1-24-14-7-11-4-6-22(9-12(11)8-15(14)25-2)18(23)17-16-13(3-5-19-17)20-10-21-16/h7-8,10,17,19H,3-6,9H2,1-2H3,(H,20,21)/t17-/m1/s1. The van der Waals surface area contributed by atoms with E-state index in [2.05, 4.69) is 15.3 Å². The molecule has 2 aromatic rings. The van der Waals surface area contributed by atoms with E-state index in [0.29, 0.717) is 18.8 Å². The van der Waals surface area contributed by atoms with Crippen LogP contribution in [0.25, 0.3) is 0 Å². The van der Waals surface area contributed by atoms with Gasteiger partial charge >= 0.3 is 0 Å². The molecule has 0 bridgehead atoms. The van der Waals surface area contributed by atoms with Gasteiger partial charge in [0.2, 0.25) is 5.91 Å². The average Bonchev–Trinajstić information content (AvgIpc) is 3.14. The summed E-state index contributed by atoms with van der Waals surface area (Å²) in [5.41, 5.74) is 4.20. The number of amides is 1. The number of rotatable bonds is 3. The van der Waals surface area contributed by atoms with E-state index in [4.69, 9.17) is 9.47 Å². The van der Waals surface area contributed by atoms with E-state index >= 15 is 0 Å².